The van der Waals surface area contributed by atoms with Crippen LogP contribution >= 0.6 is 0 Å². The van der Waals surface area contributed by atoms with Crippen LogP contribution in [-0.2, 0) is 23.8 Å². The number of aromatic amines is 1. The standard InChI is InChI=1S/C22H23N5O9/c23-20(29)19(14-8-9-17(34-14)26-11-10-16(28)25-22(26)31)36-18-3-1-2-15(35-18)21(30)24-12-4-6-13(7-5-12)27(32)33/h2,4-7,10-11,14,17-19H,1,3,8-9H2,(H2,23,29)(H,24,30)(H,25,28,31)/t14?,17-,18-,19?/m1/s1. The largest absolute Gasteiger partial charge is 0.459 e. The highest BCUT2D eigenvalue weighted by atomic mass is 16.7. The first-order chi connectivity index (χ1) is 17.2. The number of H-pyrrole nitrogens is 1. The molecular formula is C22H23N5O9. The number of primary amides is 1. The molecule has 14 heteroatoms. The van der Waals surface area contributed by atoms with E-state index in [0.717, 1.165) is 0 Å². The highest BCUT2D eigenvalue weighted by molar-refractivity contribution is 6.02. The zero-order valence-corrected chi connectivity index (χ0v) is 18.8. The van der Waals surface area contributed by atoms with Crippen molar-refractivity contribution in [3.63, 3.8) is 0 Å². The normalized spacial score (nSPS) is 22.2. The predicted molar refractivity (Wildman–Crippen MR) is 122 cm³/mol. The molecule has 1 aromatic heterocycles. The number of nitro benzene ring substituents is 1. The van der Waals surface area contributed by atoms with Gasteiger partial charge in [0.1, 0.15) is 6.23 Å². The van der Waals surface area contributed by atoms with Crippen molar-refractivity contribution < 1.29 is 28.7 Å². The van der Waals surface area contributed by atoms with E-state index in [1.165, 1.54) is 41.1 Å². The van der Waals surface area contributed by atoms with Gasteiger partial charge < -0.3 is 25.3 Å². The van der Waals surface area contributed by atoms with Crippen LogP contribution in [0, 0.1) is 10.1 Å². The Morgan fingerprint density at radius 3 is 2.61 bits per heavy atom. The van der Waals surface area contributed by atoms with E-state index in [0.29, 0.717) is 31.4 Å². The number of amides is 2. The fraction of sp³-hybridized carbons (Fsp3) is 0.364. The summed E-state index contributed by atoms with van der Waals surface area (Å²) in [5.74, 6) is -1.44. The number of nitro groups is 1. The van der Waals surface area contributed by atoms with Crippen molar-refractivity contribution >= 4 is 23.2 Å². The topological polar surface area (TPSA) is 198 Å². The molecule has 0 spiro atoms. The third-order valence-electron chi connectivity index (χ3n) is 5.66. The molecule has 0 radical (unpaired) electrons. The summed E-state index contributed by atoms with van der Waals surface area (Å²) in [5.41, 5.74) is 4.57. The van der Waals surface area contributed by atoms with Crippen LogP contribution in [0.5, 0.6) is 0 Å². The Morgan fingerprint density at radius 2 is 1.94 bits per heavy atom. The number of nitrogens with zero attached hydrogens (tertiary/aromatic N) is 2. The second kappa shape index (κ2) is 10.5. The number of ether oxygens (including phenoxy) is 3. The monoisotopic (exact) mass is 501 g/mol. The van der Waals surface area contributed by atoms with Gasteiger partial charge in [0.15, 0.2) is 11.9 Å². The Balaban J connectivity index is 1.37. The third-order valence-corrected chi connectivity index (χ3v) is 5.66. The zero-order valence-electron chi connectivity index (χ0n) is 18.8. The molecule has 1 fully saturated rings. The quantitative estimate of drug-likeness (QED) is 0.343. The number of hydrogen-bond acceptors (Lipinski definition) is 9. The molecule has 1 aromatic carbocycles. The zero-order chi connectivity index (χ0) is 25.8. The lowest BCUT2D eigenvalue weighted by Gasteiger charge is -2.29. The number of anilines is 1. The van der Waals surface area contributed by atoms with Gasteiger partial charge in [0, 0.05) is 36.5 Å². The molecule has 4 rings (SSSR count). The number of non-ortho nitro benzene ring substituents is 1. The second-order valence-corrected chi connectivity index (χ2v) is 8.13. The van der Waals surface area contributed by atoms with Crippen molar-refractivity contribution in [3.8, 4) is 0 Å². The molecule has 190 valence electrons. The molecule has 36 heavy (non-hydrogen) atoms. The Kier molecular flexibility index (Phi) is 7.26. The summed E-state index contributed by atoms with van der Waals surface area (Å²) < 4.78 is 18.4. The molecule has 0 aliphatic carbocycles. The van der Waals surface area contributed by atoms with Crippen LogP contribution in [-0.4, -0.2) is 44.8 Å². The van der Waals surface area contributed by atoms with Gasteiger partial charge in [0.25, 0.3) is 17.2 Å². The first-order valence-electron chi connectivity index (χ1n) is 11.1. The van der Waals surface area contributed by atoms with Crippen molar-refractivity contribution in [2.45, 2.75) is 50.4 Å². The van der Waals surface area contributed by atoms with E-state index >= 15 is 0 Å². The molecule has 2 aliphatic heterocycles. The van der Waals surface area contributed by atoms with Crippen molar-refractivity contribution in [2.75, 3.05) is 5.32 Å². The van der Waals surface area contributed by atoms with E-state index in [1.807, 2.05) is 0 Å². The number of rotatable bonds is 8. The number of benzene rings is 1. The number of aromatic nitrogens is 2. The number of carbonyl (C=O) groups excluding carboxylic acids is 2. The maximum Gasteiger partial charge on any atom is 0.330 e. The smallest absolute Gasteiger partial charge is 0.330 e. The summed E-state index contributed by atoms with van der Waals surface area (Å²) in [6, 6.07) is 6.47. The van der Waals surface area contributed by atoms with Crippen molar-refractivity contribution in [2.24, 2.45) is 5.73 Å². The van der Waals surface area contributed by atoms with E-state index < -0.39 is 52.7 Å². The van der Waals surface area contributed by atoms with E-state index in [1.54, 1.807) is 6.08 Å². The molecule has 2 amide bonds. The SMILES string of the molecule is NC(=O)C(O[C@@H]1CCC=C(C(=O)Nc2ccc([N+](=O)[O-])cc2)O1)C1CC[C@H](n2ccc(=O)[nH]c2=O)O1. The Hall–Kier alpha value is -4.30. The molecule has 1 saturated heterocycles. The number of nitrogens with one attached hydrogen (secondary N) is 2. The van der Waals surface area contributed by atoms with E-state index in [-0.39, 0.29) is 11.4 Å². The van der Waals surface area contributed by atoms with Gasteiger partial charge in [-0.2, -0.15) is 0 Å². The van der Waals surface area contributed by atoms with Crippen LogP contribution in [0.4, 0.5) is 11.4 Å². The Bertz CT molecular complexity index is 1300. The van der Waals surface area contributed by atoms with E-state index in [9.17, 15) is 29.3 Å². The summed E-state index contributed by atoms with van der Waals surface area (Å²) in [7, 11) is 0. The van der Waals surface area contributed by atoms with Gasteiger partial charge in [-0.3, -0.25) is 34.0 Å². The molecule has 4 atom stereocenters. The number of carbonyl (C=O) groups is 2. The van der Waals surface area contributed by atoms with Gasteiger partial charge >= 0.3 is 5.69 Å². The Morgan fingerprint density at radius 1 is 1.19 bits per heavy atom. The fourth-order valence-corrected chi connectivity index (χ4v) is 3.93. The molecule has 14 nitrogen and oxygen atoms in total. The highest BCUT2D eigenvalue weighted by Gasteiger charge is 2.39. The molecule has 2 aliphatic rings. The maximum absolute atomic E-state index is 12.6. The molecular weight excluding hydrogens is 478 g/mol. The van der Waals surface area contributed by atoms with Crippen molar-refractivity contribution in [1.82, 2.24) is 9.55 Å². The average Bonchev–Trinajstić information content (AvgIpc) is 3.32. The lowest BCUT2D eigenvalue weighted by atomic mass is 10.1. The minimum Gasteiger partial charge on any atom is -0.459 e. The Labute approximate surface area is 202 Å². The average molecular weight is 501 g/mol. The minimum absolute atomic E-state index is 0.0437. The highest BCUT2D eigenvalue weighted by Crippen LogP contribution is 2.31. The second-order valence-electron chi connectivity index (χ2n) is 8.13. The molecule has 2 unspecified atom stereocenters. The molecule has 0 bridgehead atoms. The van der Waals surface area contributed by atoms with Gasteiger partial charge in [-0.1, -0.05) is 0 Å². The number of nitrogens with two attached hydrogens (primary N) is 1. The van der Waals surface area contributed by atoms with Gasteiger partial charge in [0.05, 0.1) is 11.0 Å². The van der Waals surface area contributed by atoms with E-state index in [2.05, 4.69) is 10.3 Å². The van der Waals surface area contributed by atoms with Crippen LogP contribution < -0.4 is 22.3 Å². The first-order valence-corrected chi connectivity index (χ1v) is 11.1. The van der Waals surface area contributed by atoms with Crippen molar-refractivity contribution in [1.29, 1.82) is 0 Å². The number of hydrogen-bond donors (Lipinski definition) is 3. The first kappa shape index (κ1) is 24.8. The fourth-order valence-electron chi connectivity index (χ4n) is 3.93. The summed E-state index contributed by atoms with van der Waals surface area (Å²) >= 11 is 0. The lowest BCUT2D eigenvalue weighted by Crippen LogP contribution is -2.44. The lowest BCUT2D eigenvalue weighted by molar-refractivity contribution is -0.384. The molecule has 4 N–H and O–H groups in total. The van der Waals surface area contributed by atoms with Gasteiger partial charge in [-0.25, -0.2) is 4.79 Å². The summed E-state index contributed by atoms with van der Waals surface area (Å²) in [5, 5.41) is 13.4. The van der Waals surface area contributed by atoms with Crippen LogP contribution in [0.25, 0.3) is 0 Å². The summed E-state index contributed by atoms with van der Waals surface area (Å²) in [6.07, 6.45) is 0.660. The van der Waals surface area contributed by atoms with Gasteiger partial charge in [-0.05, 0) is 37.5 Å². The van der Waals surface area contributed by atoms with Crippen molar-refractivity contribution in [3.05, 3.63) is 79.3 Å². The summed E-state index contributed by atoms with van der Waals surface area (Å²) in [4.78, 5) is 60.4. The van der Waals surface area contributed by atoms with Crippen LogP contribution in [0.1, 0.15) is 31.9 Å². The number of allylic oxidation sites excluding steroid dienone is 1. The van der Waals surface area contributed by atoms with Crippen LogP contribution in [0.2, 0.25) is 0 Å². The minimum atomic E-state index is -1.21. The van der Waals surface area contributed by atoms with Gasteiger partial charge in [-0.15, -0.1) is 0 Å². The molecule has 0 saturated carbocycles. The van der Waals surface area contributed by atoms with Crippen LogP contribution in [0.3, 0.4) is 0 Å². The third kappa shape index (κ3) is 5.67. The maximum atomic E-state index is 12.6. The predicted octanol–water partition coefficient (Wildman–Crippen LogP) is 0.652. The van der Waals surface area contributed by atoms with Gasteiger partial charge in [0.2, 0.25) is 12.2 Å². The summed E-state index contributed by atoms with van der Waals surface area (Å²) in [6.45, 7) is 0. The van der Waals surface area contributed by atoms with Crippen LogP contribution in [0.15, 0.2) is 58.0 Å². The van der Waals surface area contributed by atoms with E-state index in [4.69, 9.17) is 19.9 Å². The molecule has 3 heterocycles. The molecule has 2 aromatic rings.